The highest BCUT2D eigenvalue weighted by Gasteiger charge is 2.28. The lowest BCUT2D eigenvalue weighted by Gasteiger charge is -2.14. The van der Waals surface area contributed by atoms with E-state index in [1.54, 1.807) is 12.1 Å². The molecule has 0 saturated carbocycles. The molecule has 2 aromatic heterocycles. The number of benzene rings is 2. The van der Waals surface area contributed by atoms with Gasteiger partial charge in [0.05, 0.1) is 23.1 Å². The van der Waals surface area contributed by atoms with Gasteiger partial charge in [0, 0.05) is 18.6 Å². The predicted octanol–water partition coefficient (Wildman–Crippen LogP) is 5.01. The van der Waals surface area contributed by atoms with Crippen LogP contribution in [0.4, 0.5) is 25.8 Å². The molecule has 4 rings (SSSR count). The van der Waals surface area contributed by atoms with Crippen LogP contribution in [-0.2, 0) is 4.74 Å². The van der Waals surface area contributed by atoms with Gasteiger partial charge in [-0.3, -0.25) is 20.1 Å². The lowest BCUT2D eigenvalue weighted by molar-refractivity contribution is -0.384. The summed E-state index contributed by atoms with van der Waals surface area (Å²) in [7, 11) is 1.10. The second-order valence-corrected chi connectivity index (χ2v) is 6.64. The Kier molecular flexibility index (Phi) is 5.42. The van der Waals surface area contributed by atoms with Gasteiger partial charge in [0.2, 0.25) is 0 Å². The number of ether oxygens (including phenoxy) is 1. The van der Waals surface area contributed by atoms with E-state index in [2.05, 4.69) is 15.3 Å². The molecule has 0 aliphatic rings. The van der Waals surface area contributed by atoms with Crippen molar-refractivity contribution in [2.24, 2.45) is 0 Å². The quantitative estimate of drug-likeness (QED) is 0.266. The van der Waals surface area contributed by atoms with Crippen molar-refractivity contribution in [2.45, 2.75) is 0 Å². The van der Waals surface area contributed by atoms with Gasteiger partial charge in [-0.15, -0.1) is 0 Å². The summed E-state index contributed by atoms with van der Waals surface area (Å²) in [6.45, 7) is 0. The van der Waals surface area contributed by atoms with Gasteiger partial charge >= 0.3 is 11.7 Å². The number of nitrogens with zero attached hydrogens (tertiary/aromatic N) is 3. The van der Waals surface area contributed by atoms with E-state index in [1.807, 2.05) is 0 Å². The van der Waals surface area contributed by atoms with Crippen molar-refractivity contribution in [1.29, 1.82) is 0 Å². The molecule has 8 nitrogen and oxygen atoms in total. The van der Waals surface area contributed by atoms with Crippen molar-refractivity contribution >= 4 is 33.9 Å². The molecule has 2 aromatic carbocycles. The second kappa shape index (κ2) is 8.34. The minimum atomic E-state index is -0.924. The summed E-state index contributed by atoms with van der Waals surface area (Å²) in [5, 5.41) is 14.5. The summed E-state index contributed by atoms with van der Waals surface area (Å²) in [6, 6.07) is 9.30. The molecule has 160 valence electrons. The van der Waals surface area contributed by atoms with Crippen LogP contribution in [0.5, 0.6) is 0 Å². The molecule has 0 radical (unpaired) electrons. The summed E-state index contributed by atoms with van der Waals surface area (Å²) >= 11 is 0. The summed E-state index contributed by atoms with van der Waals surface area (Å²) in [4.78, 5) is 31.3. The van der Waals surface area contributed by atoms with E-state index in [1.165, 1.54) is 36.8 Å². The largest absolute Gasteiger partial charge is 0.465 e. The smallest absolute Gasteiger partial charge is 0.345 e. The molecule has 0 aliphatic heterocycles. The van der Waals surface area contributed by atoms with Crippen molar-refractivity contribution in [3.8, 4) is 11.1 Å². The van der Waals surface area contributed by atoms with Gasteiger partial charge in [-0.25, -0.2) is 13.6 Å². The van der Waals surface area contributed by atoms with E-state index >= 15 is 0 Å². The first-order valence-corrected chi connectivity index (χ1v) is 9.21. The van der Waals surface area contributed by atoms with E-state index in [9.17, 15) is 23.7 Å². The Balaban J connectivity index is 1.98. The standard InChI is InChI=1S/C22H14F2N4O4/c1-32-22(29)14-10-13(12-4-7-25-8-5-12)11-18(21(14)28(30)31)27-17-6-9-26-20-16(24)3-2-15(23)19(17)20/h2-11H,1H3,(H,26,27). The number of fused-ring (bicyclic) bond motifs is 1. The first kappa shape index (κ1) is 20.8. The fourth-order valence-electron chi connectivity index (χ4n) is 3.35. The Morgan fingerprint density at radius 2 is 1.72 bits per heavy atom. The molecule has 0 fully saturated rings. The van der Waals surface area contributed by atoms with Crippen LogP contribution < -0.4 is 5.32 Å². The number of hydrogen-bond acceptors (Lipinski definition) is 7. The van der Waals surface area contributed by atoms with Crippen LogP contribution in [0.3, 0.4) is 0 Å². The molecule has 4 aromatic rings. The Labute approximate surface area is 179 Å². The first-order valence-electron chi connectivity index (χ1n) is 9.21. The predicted molar refractivity (Wildman–Crippen MR) is 113 cm³/mol. The van der Waals surface area contributed by atoms with Crippen molar-refractivity contribution < 1.29 is 23.2 Å². The van der Waals surface area contributed by atoms with Crippen LogP contribution in [0.2, 0.25) is 0 Å². The number of halogens is 2. The van der Waals surface area contributed by atoms with Crippen LogP contribution in [0, 0.1) is 21.7 Å². The average molecular weight is 436 g/mol. The molecular weight excluding hydrogens is 422 g/mol. The maximum Gasteiger partial charge on any atom is 0.345 e. The van der Waals surface area contributed by atoms with E-state index in [0.717, 1.165) is 19.2 Å². The van der Waals surface area contributed by atoms with Gasteiger partial charge in [0.1, 0.15) is 28.4 Å². The SMILES string of the molecule is COC(=O)c1cc(-c2ccncc2)cc(Nc2ccnc3c(F)ccc(F)c23)c1[N+](=O)[O-]. The Morgan fingerprint density at radius 3 is 2.41 bits per heavy atom. The fourth-order valence-corrected chi connectivity index (χ4v) is 3.35. The minimum Gasteiger partial charge on any atom is -0.465 e. The van der Waals surface area contributed by atoms with Crippen LogP contribution in [0.1, 0.15) is 10.4 Å². The molecular formula is C22H14F2N4O4. The molecule has 0 amide bonds. The normalized spacial score (nSPS) is 10.7. The molecule has 0 aliphatic carbocycles. The van der Waals surface area contributed by atoms with Gasteiger partial charge in [0.25, 0.3) is 0 Å². The zero-order valence-corrected chi connectivity index (χ0v) is 16.5. The van der Waals surface area contributed by atoms with Crippen molar-refractivity contribution in [2.75, 3.05) is 12.4 Å². The highest BCUT2D eigenvalue weighted by molar-refractivity contribution is 6.01. The molecule has 0 bridgehead atoms. The molecule has 1 N–H and O–H groups in total. The van der Waals surface area contributed by atoms with Gasteiger partial charge in [-0.1, -0.05) is 0 Å². The third-order valence-electron chi connectivity index (χ3n) is 4.77. The molecule has 32 heavy (non-hydrogen) atoms. The number of carbonyl (C=O) groups is 1. The topological polar surface area (TPSA) is 107 Å². The van der Waals surface area contributed by atoms with Crippen LogP contribution in [-0.4, -0.2) is 28.0 Å². The molecule has 0 spiro atoms. The number of rotatable bonds is 5. The van der Waals surface area contributed by atoms with E-state index < -0.39 is 28.2 Å². The third-order valence-corrected chi connectivity index (χ3v) is 4.77. The van der Waals surface area contributed by atoms with Crippen LogP contribution >= 0.6 is 0 Å². The molecule has 0 saturated heterocycles. The molecule has 0 atom stereocenters. The number of carbonyl (C=O) groups excluding carboxylic acids is 1. The van der Waals surface area contributed by atoms with Gasteiger partial charge < -0.3 is 10.1 Å². The molecule has 10 heteroatoms. The Hall–Kier alpha value is -4.47. The van der Waals surface area contributed by atoms with E-state index in [0.29, 0.717) is 11.1 Å². The first-order chi connectivity index (χ1) is 15.4. The minimum absolute atomic E-state index is 0.0396. The number of nitrogens with one attached hydrogen (secondary N) is 1. The monoisotopic (exact) mass is 436 g/mol. The number of methoxy groups -OCH3 is 1. The summed E-state index contributed by atoms with van der Waals surface area (Å²) in [5.74, 6) is -2.44. The summed E-state index contributed by atoms with van der Waals surface area (Å²) in [5.41, 5.74) is -0.114. The van der Waals surface area contributed by atoms with Gasteiger partial charge in [-0.05, 0) is 53.6 Å². The number of pyridine rings is 2. The van der Waals surface area contributed by atoms with Gasteiger partial charge in [-0.2, -0.15) is 0 Å². The maximum atomic E-state index is 14.5. The molecule has 2 heterocycles. The van der Waals surface area contributed by atoms with E-state index in [-0.39, 0.29) is 27.8 Å². The van der Waals surface area contributed by atoms with Crippen molar-refractivity contribution in [1.82, 2.24) is 9.97 Å². The van der Waals surface area contributed by atoms with Crippen LogP contribution in [0.15, 0.2) is 61.1 Å². The molecule has 0 unspecified atom stereocenters. The summed E-state index contributed by atoms with van der Waals surface area (Å²) in [6.07, 6.45) is 4.29. The number of aromatic nitrogens is 2. The lowest BCUT2D eigenvalue weighted by Crippen LogP contribution is -2.09. The summed E-state index contributed by atoms with van der Waals surface area (Å²) < 4.78 is 33.4. The number of anilines is 2. The highest BCUT2D eigenvalue weighted by Crippen LogP contribution is 2.38. The lowest BCUT2D eigenvalue weighted by atomic mass is 10.0. The van der Waals surface area contributed by atoms with Crippen molar-refractivity contribution in [3.63, 3.8) is 0 Å². The number of hydrogen-bond donors (Lipinski definition) is 1. The Bertz CT molecular complexity index is 1360. The van der Waals surface area contributed by atoms with Crippen molar-refractivity contribution in [3.05, 3.63) is 88.4 Å². The zero-order chi connectivity index (χ0) is 22.8. The van der Waals surface area contributed by atoms with Crippen LogP contribution in [0.25, 0.3) is 22.0 Å². The van der Waals surface area contributed by atoms with Gasteiger partial charge in [0.15, 0.2) is 0 Å². The zero-order valence-electron chi connectivity index (χ0n) is 16.5. The highest BCUT2D eigenvalue weighted by atomic mass is 19.1. The van der Waals surface area contributed by atoms with E-state index in [4.69, 9.17) is 4.74 Å². The third kappa shape index (κ3) is 3.69. The fraction of sp³-hybridized carbons (Fsp3) is 0.0455. The Morgan fingerprint density at radius 1 is 1.00 bits per heavy atom. The second-order valence-electron chi connectivity index (χ2n) is 6.64. The average Bonchev–Trinajstić information content (AvgIpc) is 2.81. The maximum absolute atomic E-state index is 14.5. The number of esters is 1. The number of nitro groups is 1. The number of nitro benzene ring substituents is 1.